The summed E-state index contributed by atoms with van der Waals surface area (Å²) < 4.78 is 0. The zero-order chi connectivity index (χ0) is 22.7. The molecule has 0 aromatic rings. The predicted octanol–water partition coefficient (Wildman–Crippen LogP) is 2.25. The van der Waals surface area contributed by atoms with Crippen LogP contribution in [0.25, 0.3) is 0 Å². The third-order valence-electron chi connectivity index (χ3n) is 2.15. The number of hydrogen-bond acceptors (Lipinski definition) is 2. The van der Waals surface area contributed by atoms with Crippen LogP contribution in [-0.4, -0.2) is 22.4 Å². The van der Waals surface area contributed by atoms with Crippen LogP contribution in [0, 0.1) is 95.7 Å². The van der Waals surface area contributed by atoms with Gasteiger partial charge < -0.3 is 10.2 Å². The molecule has 0 spiro atoms. The van der Waals surface area contributed by atoms with Gasteiger partial charge in [0.2, 0.25) is 0 Å². The molecule has 0 saturated carbocycles. The Labute approximate surface area is 180 Å². The van der Waals surface area contributed by atoms with Crippen molar-refractivity contribution in [1.29, 1.82) is 0 Å². The molecular weight excluding hydrogens is 368 g/mol. The van der Waals surface area contributed by atoms with Gasteiger partial charge in [0, 0.05) is 0 Å². The Bertz CT molecular complexity index is 994. The van der Waals surface area contributed by atoms with E-state index in [4.69, 9.17) is 23.1 Å². The molecule has 0 rings (SSSR count). The summed E-state index contributed by atoms with van der Waals surface area (Å²) in [4.78, 5) is 0. The molecule has 2 heteroatoms. The molecule has 0 amide bonds. The van der Waals surface area contributed by atoms with Crippen LogP contribution >= 0.6 is 0 Å². The highest BCUT2D eigenvalue weighted by Gasteiger charge is 1.80. The molecule has 0 aliphatic rings. The summed E-state index contributed by atoms with van der Waals surface area (Å²) >= 11 is 0. The molecule has 0 fully saturated rings. The summed E-state index contributed by atoms with van der Waals surface area (Å²) in [5, 5.41) is 17.7. The van der Waals surface area contributed by atoms with Gasteiger partial charge in [-0.15, -0.1) is 12.8 Å². The van der Waals surface area contributed by atoms with Gasteiger partial charge >= 0.3 is 0 Å². The molecular formula is C28H20O2. The Kier molecular flexibility index (Phi) is 22.4. The number of aliphatic hydroxyl groups is 2. The summed E-state index contributed by atoms with van der Waals surface area (Å²) in [6.07, 6.45) is 22.3. The number of allylic oxidation sites excluding steroid dienone is 6. The van der Waals surface area contributed by atoms with Crippen molar-refractivity contribution in [3.05, 3.63) is 48.6 Å². The molecule has 0 heterocycles. The topological polar surface area (TPSA) is 40.5 Å². The van der Waals surface area contributed by atoms with Gasteiger partial charge in [-0.3, -0.25) is 0 Å². The molecule has 2 nitrogen and oxygen atoms in total. The molecule has 0 unspecified atom stereocenters. The lowest BCUT2D eigenvalue weighted by atomic mass is 10.3. The standard InChI is InChI=1S/2C14H10O/c2*1-3-4-5-6-7-8-9-10-11-12-13-14(2)15/h2*1,10-15H,2H3/b11-10+,13-12+;11-10-,13-12+/t2*14-/m00/s1. The average Bonchev–Trinajstić information content (AvgIpc) is 2.71. The first-order valence-electron chi connectivity index (χ1n) is 8.49. The second-order valence-electron chi connectivity index (χ2n) is 4.80. The van der Waals surface area contributed by atoms with Crippen molar-refractivity contribution in [2.24, 2.45) is 0 Å². The van der Waals surface area contributed by atoms with E-state index in [1.807, 2.05) is 0 Å². The van der Waals surface area contributed by atoms with E-state index >= 15 is 0 Å². The Morgan fingerprint density at radius 2 is 0.867 bits per heavy atom. The van der Waals surface area contributed by atoms with E-state index in [1.165, 1.54) is 0 Å². The summed E-state index contributed by atoms with van der Waals surface area (Å²) in [5.74, 6) is 34.3. The van der Waals surface area contributed by atoms with Crippen molar-refractivity contribution >= 4 is 0 Å². The molecule has 2 N–H and O–H groups in total. The van der Waals surface area contributed by atoms with Crippen molar-refractivity contribution in [3.8, 4) is 95.7 Å². The second-order valence-corrected chi connectivity index (χ2v) is 4.80. The molecule has 2 atom stereocenters. The maximum atomic E-state index is 8.87. The van der Waals surface area contributed by atoms with Gasteiger partial charge in [-0.25, -0.2) is 0 Å². The average molecular weight is 388 g/mol. The Morgan fingerprint density at radius 1 is 0.533 bits per heavy atom. The normalized spacial score (nSPS) is 10.2. The predicted molar refractivity (Wildman–Crippen MR) is 124 cm³/mol. The van der Waals surface area contributed by atoms with E-state index in [0.717, 1.165) is 0 Å². The van der Waals surface area contributed by atoms with E-state index in [9.17, 15) is 0 Å². The van der Waals surface area contributed by atoms with Crippen LogP contribution in [0.1, 0.15) is 13.8 Å². The maximum absolute atomic E-state index is 8.87. The first-order valence-corrected chi connectivity index (χ1v) is 8.49. The van der Waals surface area contributed by atoms with Gasteiger partial charge in [0.1, 0.15) is 0 Å². The van der Waals surface area contributed by atoms with Gasteiger partial charge in [0.25, 0.3) is 0 Å². The van der Waals surface area contributed by atoms with Crippen molar-refractivity contribution in [3.63, 3.8) is 0 Å². The molecule has 0 aromatic heterocycles. The van der Waals surface area contributed by atoms with E-state index in [2.05, 4.69) is 82.9 Å². The highest BCUT2D eigenvalue weighted by atomic mass is 16.3. The minimum Gasteiger partial charge on any atom is -0.389 e. The fourth-order valence-electron chi connectivity index (χ4n) is 1.07. The van der Waals surface area contributed by atoms with E-state index < -0.39 is 12.2 Å². The summed E-state index contributed by atoms with van der Waals surface area (Å²) in [6.45, 7) is 3.34. The second kappa shape index (κ2) is 24.4. The third-order valence-corrected chi connectivity index (χ3v) is 2.15. The summed E-state index contributed by atoms with van der Waals surface area (Å²) in [5.41, 5.74) is 0. The Balaban J connectivity index is 0. The van der Waals surface area contributed by atoms with Crippen LogP contribution in [0.15, 0.2) is 48.6 Å². The number of hydrogen-bond donors (Lipinski definition) is 2. The molecule has 0 bridgehead atoms. The van der Waals surface area contributed by atoms with Crippen LogP contribution in [0.5, 0.6) is 0 Å². The van der Waals surface area contributed by atoms with Crippen LogP contribution < -0.4 is 0 Å². The van der Waals surface area contributed by atoms with Crippen molar-refractivity contribution in [1.82, 2.24) is 0 Å². The largest absolute Gasteiger partial charge is 0.389 e. The van der Waals surface area contributed by atoms with E-state index in [0.29, 0.717) is 0 Å². The van der Waals surface area contributed by atoms with Crippen molar-refractivity contribution in [2.75, 3.05) is 0 Å². The fraction of sp³-hybridized carbons (Fsp3) is 0.143. The van der Waals surface area contributed by atoms with Crippen molar-refractivity contribution in [2.45, 2.75) is 26.1 Å². The Hall–Kier alpha value is -4.64. The smallest absolute Gasteiger partial charge is 0.0695 e. The van der Waals surface area contributed by atoms with Gasteiger partial charge in [-0.05, 0) is 97.0 Å². The molecule has 0 aromatic carbocycles. The van der Waals surface area contributed by atoms with E-state index in [-0.39, 0.29) is 0 Å². The number of terminal acetylenes is 2. The quantitative estimate of drug-likeness (QED) is 0.573. The molecule has 0 aliphatic heterocycles. The van der Waals surface area contributed by atoms with Gasteiger partial charge in [0.15, 0.2) is 0 Å². The van der Waals surface area contributed by atoms with Crippen LogP contribution in [-0.2, 0) is 0 Å². The first kappa shape index (κ1) is 27.6. The van der Waals surface area contributed by atoms with Crippen LogP contribution in [0.3, 0.4) is 0 Å². The lowest BCUT2D eigenvalue weighted by Gasteiger charge is -1.88. The van der Waals surface area contributed by atoms with Gasteiger partial charge in [-0.2, -0.15) is 0 Å². The summed E-state index contributed by atoms with van der Waals surface area (Å²) in [6, 6.07) is 0. The summed E-state index contributed by atoms with van der Waals surface area (Å²) in [7, 11) is 0. The minimum absolute atomic E-state index is 0.443. The number of rotatable bonds is 4. The molecule has 0 aliphatic carbocycles. The molecule has 0 radical (unpaired) electrons. The lowest BCUT2D eigenvalue weighted by molar-refractivity contribution is 0.243. The SMILES string of the molecule is C#CC#CC#CC#C/C=C/C=C/[C@H](C)O.C#CC#CC#CC#C/C=C\C=C\[C@H](C)O. The Morgan fingerprint density at radius 3 is 1.20 bits per heavy atom. The van der Waals surface area contributed by atoms with Crippen LogP contribution in [0.2, 0.25) is 0 Å². The highest BCUT2D eigenvalue weighted by molar-refractivity contribution is 5.41. The third kappa shape index (κ3) is 31.2. The maximum Gasteiger partial charge on any atom is 0.0695 e. The van der Waals surface area contributed by atoms with E-state index in [1.54, 1.807) is 62.5 Å². The van der Waals surface area contributed by atoms with Gasteiger partial charge in [-0.1, -0.05) is 48.3 Å². The van der Waals surface area contributed by atoms with Crippen LogP contribution in [0.4, 0.5) is 0 Å². The molecule has 0 saturated heterocycles. The molecule has 144 valence electrons. The zero-order valence-corrected chi connectivity index (χ0v) is 16.8. The first-order chi connectivity index (χ1) is 14.5. The lowest BCUT2D eigenvalue weighted by Crippen LogP contribution is -1.90. The molecule has 30 heavy (non-hydrogen) atoms. The minimum atomic E-state index is -0.443. The monoisotopic (exact) mass is 388 g/mol. The fourth-order valence-corrected chi connectivity index (χ4v) is 1.07. The number of aliphatic hydroxyl groups excluding tert-OH is 2. The van der Waals surface area contributed by atoms with Gasteiger partial charge in [0.05, 0.1) is 12.2 Å². The van der Waals surface area contributed by atoms with Crippen molar-refractivity contribution < 1.29 is 10.2 Å². The zero-order valence-electron chi connectivity index (χ0n) is 16.8. The highest BCUT2D eigenvalue weighted by Crippen LogP contribution is 1.83.